The molecule has 1 aromatic rings. The molecule has 16 heavy (non-hydrogen) atoms. The Bertz CT molecular complexity index is 349. The van der Waals surface area contributed by atoms with Crippen LogP contribution in [0, 0.1) is 0 Å². The molecule has 0 radical (unpaired) electrons. The fraction of sp³-hybridized carbons (Fsp3) is 0.571. The van der Waals surface area contributed by atoms with Crippen molar-refractivity contribution in [3.63, 3.8) is 0 Å². The van der Waals surface area contributed by atoms with Crippen LogP contribution in [0.4, 0.5) is 0 Å². The summed E-state index contributed by atoms with van der Waals surface area (Å²) in [7, 11) is 0. The van der Waals surface area contributed by atoms with Gasteiger partial charge < -0.3 is 10.4 Å². The monoisotopic (exact) mass is 219 g/mol. The highest BCUT2D eigenvalue weighted by atomic mass is 16.3. The van der Waals surface area contributed by atoms with Gasteiger partial charge in [0.1, 0.15) is 5.75 Å². The van der Waals surface area contributed by atoms with E-state index in [1.807, 2.05) is 6.07 Å². The summed E-state index contributed by atoms with van der Waals surface area (Å²) >= 11 is 0. The van der Waals surface area contributed by atoms with E-state index >= 15 is 0 Å². The molecule has 0 aliphatic heterocycles. The maximum atomic E-state index is 9.41. The van der Waals surface area contributed by atoms with Crippen molar-refractivity contribution in [3.05, 3.63) is 29.3 Å². The van der Waals surface area contributed by atoms with Crippen LogP contribution in [0.2, 0.25) is 0 Å². The molecule has 1 aromatic carbocycles. The average molecular weight is 219 g/mol. The maximum Gasteiger partial charge on any atom is 0.115 e. The van der Waals surface area contributed by atoms with Crippen molar-refractivity contribution in [3.8, 4) is 5.75 Å². The lowest BCUT2D eigenvalue weighted by Gasteiger charge is -2.13. The summed E-state index contributed by atoms with van der Waals surface area (Å²) in [4.78, 5) is 0. The van der Waals surface area contributed by atoms with E-state index in [1.54, 1.807) is 6.07 Å². The van der Waals surface area contributed by atoms with Crippen LogP contribution < -0.4 is 5.32 Å². The SMILES string of the molecule is CCCCCNC1CCc2cc(O)ccc21. The van der Waals surface area contributed by atoms with Crippen LogP contribution in [0.15, 0.2) is 18.2 Å². The van der Waals surface area contributed by atoms with Gasteiger partial charge in [-0.25, -0.2) is 0 Å². The van der Waals surface area contributed by atoms with Crippen LogP contribution in [-0.2, 0) is 6.42 Å². The third-order valence-corrected chi connectivity index (χ3v) is 3.38. The summed E-state index contributed by atoms with van der Waals surface area (Å²) in [5.41, 5.74) is 2.70. The molecule has 0 amide bonds. The summed E-state index contributed by atoms with van der Waals surface area (Å²) in [5.74, 6) is 0.394. The predicted molar refractivity (Wildman–Crippen MR) is 66.7 cm³/mol. The number of benzene rings is 1. The zero-order valence-corrected chi connectivity index (χ0v) is 10.00. The summed E-state index contributed by atoms with van der Waals surface area (Å²) in [6.45, 7) is 3.34. The maximum absolute atomic E-state index is 9.41. The van der Waals surface area contributed by atoms with Crippen LogP contribution in [-0.4, -0.2) is 11.7 Å². The highest BCUT2D eigenvalue weighted by Crippen LogP contribution is 2.33. The van der Waals surface area contributed by atoms with Crippen LogP contribution in [0.3, 0.4) is 0 Å². The second kappa shape index (κ2) is 5.35. The van der Waals surface area contributed by atoms with Gasteiger partial charge in [-0.05, 0) is 49.1 Å². The summed E-state index contributed by atoms with van der Waals surface area (Å²) in [6, 6.07) is 6.27. The Morgan fingerprint density at radius 1 is 1.38 bits per heavy atom. The molecule has 0 aromatic heterocycles. The molecule has 1 aliphatic carbocycles. The van der Waals surface area contributed by atoms with Crippen molar-refractivity contribution in [1.29, 1.82) is 0 Å². The van der Waals surface area contributed by atoms with E-state index in [1.165, 1.54) is 36.8 Å². The van der Waals surface area contributed by atoms with Crippen LogP contribution in [0.1, 0.15) is 49.8 Å². The fourth-order valence-corrected chi connectivity index (χ4v) is 2.47. The first-order valence-electron chi connectivity index (χ1n) is 6.36. The van der Waals surface area contributed by atoms with Crippen molar-refractivity contribution in [2.24, 2.45) is 0 Å². The predicted octanol–water partition coefficient (Wildman–Crippen LogP) is 3.16. The second-order valence-corrected chi connectivity index (χ2v) is 4.64. The lowest BCUT2D eigenvalue weighted by Crippen LogP contribution is -2.20. The third kappa shape index (κ3) is 2.56. The molecular formula is C14H21NO. The van der Waals surface area contributed by atoms with Gasteiger partial charge in [0.2, 0.25) is 0 Å². The summed E-state index contributed by atoms with van der Waals surface area (Å²) in [5, 5.41) is 13.0. The minimum absolute atomic E-state index is 0.394. The molecule has 0 heterocycles. The molecule has 1 aliphatic rings. The van der Waals surface area contributed by atoms with Crippen molar-refractivity contribution in [2.45, 2.75) is 45.1 Å². The van der Waals surface area contributed by atoms with Gasteiger partial charge in [-0.15, -0.1) is 0 Å². The van der Waals surface area contributed by atoms with E-state index in [4.69, 9.17) is 0 Å². The van der Waals surface area contributed by atoms with Crippen LogP contribution in [0.25, 0.3) is 0 Å². The number of fused-ring (bicyclic) bond motifs is 1. The number of nitrogens with one attached hydrogen (secondary N) is 1. The Hall–Kier alpha value is -1.02. The van der Waals surface area contributed by atoms with Gasteiger partial charge in [0, 0.05) is 6.04 Å². The zero-order chi connectivity index (χ0) is 11.4. The topological polar surface area (TPSA) is 32.3 Å². The molecule has 88 valence electrons. The van der Waals surface area contributed by atoms with Gasteiger partial charge >= 0.3 is 0 Å². The van der Waals surface area contributed by atoms with Crippen LogP contribution in [0.5, 0.6) is 5.75 Å². The molecule has 0 bridgehead atoms. The Morgan fingerprint density at radius 2 is 2.25 bits per heavy atom. The molecule has 2 rings (SSSR count). The molecule has 0 saturated carbocycles. The Balaban J connectivity index is 1.91. The van der Waals surface area contributed by atoms with Gasteiger partial charge in [0.15, 0.2) is 0 Å². The standard InChI is InChI=1S/C14H21NO/c1-2-3-4-9-15-14-8-5-11-10-12(16)6-7-13(11)14/h6-7,10,14-16H,2-5,8-9H2,1H3. The average Bonchev–Trinajstić information content (AvgIpc) is 2.67. The number of unbranched alkanes of at least 4 members (excludes halogenated alkanes) is 2. The molecule has 2 heteroatoms. The smallest absolute Gasteiger partial charge is 0.115 e. The van der Waals surface area contributed by atoms with E-state index in [9.17, 15) is 5.11 Å². The largest absolute Gasteiger partial charge is 0.508 e. The molecule has 1 atom stereocenters. The van der Waals surface area contributed by atoms with Gasteiger partial charge in [-0.1, -0.05) is 25.8 Å². The number of phenolic OH excluding ortho intramolecular Hbond substituents is 1. The summed E-state index contributed by atoms with van der Waals surface area (Å²) in [6.07, 6.45) is 6.11. The van der Waals surface area contributed by atoms with E-state index < -0.39 is 0 Å². The van der Waals surface area contributed by atoms with Crippen molar-refractivity contribution >= 4 is 0 Å². The van der Waals surface area contributed by atoms with Gasteiger partial charge in [0.25, 0.3) is 0 Å². The van der Waals surface area contributed by atoms with E-state index in [0.29, 0.717) is 11.8 Å². The number of aryl methyl sites for hydroxylation is 1. The Kier molecular flexibility index (Phi) is 3.83. The highest BCUT2D eigenvalue weighted by molar-refractivity contribution is 5.39. The van der Waals surface area contributed by atoms with Crippen molar-refractivity contribution in [2.75, 3.05) is 6.54 Å². The molecule has 0 spiro atoms. The Labute approximate surface area is 97.7 Å². The van der Waals surface area contributed by atoms with Gasteiger partial charge in [-0.3, -0.25) is 0 Å². The van der Waals surface area contributed by atoms with Gasteiger partial charge in [0.05, 0.1) is 0 Å². The minimum Gasteiger partial charge on any atom is -0.508 e. The number of phenols is 1. The van der Waals surface area contributed by atoms with Crippen molar-refractivity contribution in [1.82, 2.24) is 5.32 Å². The number of rotatable bonds is 5. The number of aromatic hydroxyl groups is 1. The Morgan fingerprint density at radius 3 is 3.06 bits per heavy atom. The number of hydrogen-bond acceptors (Lipinski definition) is 2. The minimum atomic E-state index is 0.394. The van der Waals surface area contributed by atoms with Gasteiger partial charge in [-0.2, -0.15) is 0 Å². The van der Waals surface area contributed by atoms with Crippen LogP contribution >= 0.6 is 0 Å². The first-order chi connectivity index (χ1) is 7.81. The zero-order valence-electron chi connectivity index (χ0n) is 10.00. The first kappa shape index (κ1) is 11.5. The number of hydrogen-bond donors (Lipinski definition) is 2. The highest BCUT2D eigenvalue weighted by Gasteiger charge is 2.21. The molecule has 1 unspecified atom stereocenters. The van der Waals surface area contributed by atoms with E-state index in [-0.39, 0.29) is 0 Å². The quantitative estimate of drug-likeness (QED) is 0.746. The lowest BCUT2D eigenvalue weighted by atomic mass is 10.1. The normalized spacial score (nSPS) is 18.7. The first-order valence-corrected chi connectivity index (χ1v) is 6.36. The summed E-state index contributed by atoms with van der Waals surface area (Å²) < 4.78 is 0. The lowest BCUT2D eigenvalue weighted by molar-refractivity contribution is 0.474. The molecular weight excluding hydrogens is 198 g/mol. The second-order valence-electron chi connectivity index (χ2n) is 4.64. The molecule has 2 N–H and O–H groups in total. The fourth-order valence-electron chi connectivity index (χ4n) is 2.47. The molecule has 2 nitrogen and oxygen atoms in total. The van der Waals surface area contributed by atoms with E-state index in [0.717, 1.165) is 13.0 Å². The van der Waals surface area contributed by atoms with Crippen molar-refractivity contribution < 1.29 is 5.11 Å². The molecule has 0 fully saturated rings. The van der Waals surface area contributed by atoms with E-state index in [2.05, 4.69) is 18.3 Å². The third-order valence-electron chi connectivity index (χ3n) is 3.38. The molecule has 0 saturated heterocycles.